The predicted molar refractivity (Wildman–Crippen MR) is 188 cm³/mol. The lowest BCUT2D eigenvalue weighted by Crippen LogP contribution is -2.71. The maximum Gasteiger partial charge on any atom is 0.0291 e. The quantitative estimate of drug-likeness (QED) is 0.297. The van der Waals surface area contributed by atoms with E-state index < -0.39 is 0 Å². The van der Waals surface area contributed by atoms with Crippen molar-refractivity contribution in [2.24, 2.45) is 47.3 Å². The van der Waals surface area contributed by atoms with Crippen molar-refractivity contribution in [1.29, 1.82) is 0 Å². The van der Waals surface area contributed by atoms with Crippen LogP contribution in [0.5, 0.6) is 0 Å². The van der Waals surface area contributed by atoms with Gasteiger partial charge in [0.25, 0.3) is 0 Å². The van der Waals surface area contributed by atoms with E-state index in [-0.39, 0.29) is 0 Å². The van der Waals surface area contributed by atoms with E-state index in [4.69, 9.17) is 0 Å². The van der Waals surface area contributed by atoms with Crippen LogP contribution < -0.4 is 0 Å². The summed E-state index contributed by atoms with van der Waals surface area (Å²) in [4.78, 5) is 6.96. The summed E-state index contributed by atoms with van der Waals surface area (Å²) in [6.45, 7) is 10.5. The van der Waals surface area contributed by atoms with Crippen molar-refractivity contribution in [1.82, 2.24) is 9.80 Å². The molecule has 0 aromatic carbocycles. The van der Waals surface area contributed by atoms with Crippen LogP contribution in [0, 0.1) is 47.3 Å². The Bertz CT molecular complexity index is 784. The first kappa shape index (κ1) is 32.5. The van der Waals surface area contributed by atoms with Crippen LogP contribution >= 0.6 is 0 Å². The number of rotatable bonds is 6. The van der Waals surface area contributed by atoms with Gasteiger partial charge in [-0.05, 0) is 124 Å². The van der Waals surface area contributed by atoms with Gasteiger partial charge in [0.2, 0.25) is 0 Å². The van der Waals surface area contributed by atoms with Crippen molar-refractivity contribution in [2.75, 3.05) is 0 Å². The normalized spacial score (nSPS) is 49.0. The van der Waals surface area contributed by atoms with Gasteiger partial charge in [0.1, 0.15) is 0 Å². The second kappa shape index (κ2) is 14.6. The number of fused-ring (bicyclic) bond motifs is 3. The predicted octanol–water partition coefficient (Wildman–Crippen LogP) is 11.3. The van der Waals surface area contributed by atoms with E-state index in [1.807, 2.05) is 0 Å². The summed E-state index contributed by atoms with van der Waals surface area (Å²) in [5, 5.41) is 0. The number of nitrogens with zero attached hydrogens (tertiary/aromatic N) is 2. The van der Waals surface area contributed by atoms with Crippen molar-refractivity contribution < 1.29 is 0 Å². The van der Waals surface area contributed by atoms with Crippen molar-refractivity contribution in [3.05, 3.63) is 0 Å². The smallest absolute Gasteiger partial charge is 0.0291 e. The average Bonchev–Trinajstić information content (AvgIpc) is 3.03. The fraction of sp³-hybridized carbons (Fsp3) is 1.00. The number of hydrogen-bond donors (Lipinski definition) is 0. The van der Waals surface area contributed by atoms with Crippen LogP contribution in [0.15, 0.2) is 0 Å². The van der Waals surface area contributed by atoms with Gasteiger partial charge >= 0.3 is 0 Å². The van der Waals surface area contributed by atoms with E-state index in [1.165, 1.54) is 128 Å². The van der Waals surface area contributed by atoms with E-state index in [2.05, 4.69) is 37.5 Å². The van der Waals surface area contributed by atoms with Gasteiger partial charge in [-0.15, -0.1) is 0 Å². The molecule has 2 nitrogen and oxygen atoms in total. The topological polar surface area (TPSA) is 6.48 Å². The van der Waals surface area contributed by atoms with E-state index in [0.717, 1.165) is 83.6 Å². The zero-order valence-electron chi connectivity index (χ0n) is 29.9. The maximum atomic E-state index is 3.48. The summed E-state index contributed by atoms with van der Waals surface area (Å²) in [6.07, 6.45) is 36.3. The maximum absolute atomic E-state index is 3.48. The summed E-state index contributed by atoms with van der Waals surface area (Å²) >= 11 is 0. The molecule has 7 fully saturated rings. The molecule has 0 radical (unpaired) electrons. The molecule has 7 aliphatic carbocycles. The van der Waals surface area contributed by atoms with Gasteiger partial charge in [-0.3, -0.25) is 9.80 Å². The highest BCUT2D eigenvalue weighted by Gasteiger charge is 2.58. The van der Waals surface area contributed by atoms with Crippen LogP contribution in [0.4, 0.5) is 0 Å². The van der Waals surface area contributed by atoms with Crippen LogP contribution in [-0.4, -0.2) is 46.1 Å². The molecule has 0 aliphatic heterocycles. The van der Waals surface area contributed by atoms with Gasteiger partial charge in [0, 0.05) is 36.3 Å². The molecule has 2 heteroatoms. The lowest BCUT2D eigenvalue weighted by molar-refractivity contribution is -0.155. The van der Waals surface area contributed by atoms with Gasteiger partial charge in [-0.2, -0.15) is 0 Å². The summed E-state index contributed by atoms with van der Waals surface area (Å²) in [5.41, 5.74) is 0. The molecule has 0 amide bonds. The molecule has 0 saturated heterocycles. The summed E-state index contributed by atoms with van der Waals surface area (Å²) in [7, 11) is 0. The zero-order valence-corrected chi connectivity index (χ0v) is 29.9. The lowest BCUT2D eigenvalue weighted by atomic mass is 9.53. The minimum atomic E-state index is 0.847. The Labute approximate surface area is 274 Å². The first-order chi connectivity index (χ1) is 21.5. The molecule has 0 bridgehead atoms. The molecule has 7 rings (SSSR count). The van der Waals surface area contributed by atoms with E-state index in [9.17, 15) is 0 Å². The SMILES string of the molecule is CC1CCCC(N(C2CCCC(C)C2)C2C3CCCCC3C3CCCCC3C2N(C2CCCC(C)C2)C2CCCC(C)C2)C1. The highest BCUT2D eigenvalue weighted by molar-refractivity contribution is 5.11. The monoisotopic (exact) mass is 607 g/mol. The summed E-state index contributed by atoms with van der Waals surface area (Å²) in [5.74, 6) is 7.75. The molecule has 0 aromatic heterocycles. The highest BCUT2D eigenvalue weighted by atomic mass is 15.3. The molecule has 7 aliphatic rings. The Morgan fingerprint density at radius 3 is 0.841 bits per heavy atom. The Hall–Kier alpha value is -0.0800. The summed E-state index contributed by atoms with van der Waals surface area (Å²) < 4.78 is 0. The van der Waals surface area contributed by atoms with Crippen LogP contribution in [0.3, 0.4) is 0 Å². The number of hydrogen-bond acceptors (Lipinski definition) is 2. The van der Waals surface area contributed by atoms with Crippen molar-refractivity contribution in [3.8, 4) is 0 Å². The molecule has 252 valence electrons. The van der Waals surface area contributed by atoms with Crippen molar-refractivity contribution >= 4 is 0 Å². The molecule has 14 atom stereocenters. The molecular weight excluding hydrogens is 532 g/mol. The molecule has 0 aromatic rings. The molecule has 14 unspecified atom stereocenters. The van der Waals surface area contributed by atoms with Crippen molar-refractivity contribution in [2.45, 2.75) is 218 Å². The van der Waals surface area contributed by atoms with Crippen LogP contribution in [0.2, 0.25) is 0 Å². The second-order valence-electron chi connectivity index (χ2n) is 18.8. The van der Waals surface area contributed by atoms with Gasteiger partial charge in [0.15, 0.2) is 0 Å². The first-order valence-electron chi connectivity index (χ1n) is 21.0. The Balaban J connectivity index is 1.36. The fourth-order valence-corrected chi connectivity index (χ4v) is 13.9. The minimum Gasteiger partial charge on any atom is -0.293 e. The average molecular weight is 607 g/mol. The zero-order chi connectivity index (χ0) is 30.2. The largest absolute Gasteiger partial charge is 0.293 e. The molecule has 0 N–H and O–H groups in total. The minimum absolute atomic E-state index is 0.847. The Morgan fingerprint density at radius 1 is 0.295 bits per heavy atom. The lowest BCUT2D eigenvalue weighted by Gasteiger charge is -2.65. The third-order valence-electron chi connectivity index (χ3n) is 15.5. The molecule has 7 saturated carbocycles. The molecule has 44 heavy (non-hydrogen) atoms. The Kier molecular flexibility index (Phi) is 10.8. The van der Waals surface area contributed by atoms with E-state index >= 15 is 0 Å². The molecular formula is C42H74N2. The summed E-state index contributed by atoms with van der Waals surface area (Å²) in [6, 6.07) is 5.14. The molecule has 0 spiro atoms. The Morgan fingerprint density at radius 2 is 0.568 bits per heavy atom. The standard InChI is InChI=1S/C42H74N2/c1-29-13-9-17-33(25-29)43(34-18-10-14-30(2)26-34)41-39-23-7-5-21-37(39)38-22-6-8-24-40(38)42(41)44(35-19-11-15-31(3)27-35)36-20-12-16-32(4)28-36/h29-42H,5-28H2,1-4H3. The van der Waals surface area contributed by atoms with Gasteiger partial charge in [-0.25, -0.2) is 0 Å². The van der Waals surface area contributed by atoms with Crippen LogP contribution in [0.1, 0.15) is 182 Å². The molecule has 0 heterocycles. The van der Waals surface area contributed by atoms with Gasteiger partial charge in [-0.1, -0.05) is 105 Å². The van der Waals surface area contributed by atoms with E-state index in [1.54, 1.807) is 25.7 Å². The third kappa shape index (κ3) is 6.76. The third-order valence-corrected chi connectivity index (χ3v) is 15.5. The van der Waals surface area contributed by atoms with E-state index in [0.29, 0.717) is 0 Å². The fourth-order valence-electron chi connectivity index (χ4n) is 13.9. The van der Waals surface area contributed by atoms with Crippen LogP contribution in [0.25, 0.3) is 0 Å². The van der Waals surface area contributed by atoms with Crippen LogP contribution in [-0.2, 0) is 0 Å². The van der Waals surface area contributed by atoms with Crippen molar-refractivity contribution in [3.63, 3.8) is 0 Å². The first-order valence-corrected chi connectivity index (χ1v) is 21.0. The second-order valence-corrected chi connectivity index (χ2v) is 18.8. The van der Waals surface area contributed by atoms with Gasteiger partial charge in [0.05, 0.1) is 0 Å². The van der Waals surface area contributed by atoms with Gasteiger partial charge < -0.3 is 0 Å². The highest BCUT2D eigenvalue weighted by Crippen LogP contribution is 2.57.